The highest BCUT2D eigenvalue weighted by Gasteiger charge is 2.25. The van der Waals surface area contributed by atoms with E-state index in [1.54, 1.807) is 0 Å². The van der Waals surface area contributed by atoms with Gasteiger partial charge < -0.3 is 14.6 Å². The second-order valence-electron chi connectivity index (χ2n) is 6.30. The Balaban J connectivity index is 1.66. The van der Waals surface area contributed by atoms with Crippen molar-refractivity contribution in [1.82, 2.24) is 14.9 Å². The molecule has 3 aromatic heterocycles. The monoisotopic (exact) mass is 356 g/mol. The number of hydrogen-bond donors (Lipinski definition) is 1. The van der Waals surface area contributed by atoms with Gasteiger partial charge in [-0.05, 0) is 38.8 Å². The Hall–Kier alpha value is -2.41. The number of anilines is 1. The smallest absolute Gasteiger partial charge is 0.266 e. The second-order valence-corrected chi connectivity index (χ2v) is 7.52. The Morgan fingerprint density at radius 3 is 2.80 bits per heavy atom. The Morgan fingerprint density at radius 1 is 1.28 bits per heavy atom. The number of carbonyl (C=O) groups excluding carboxylic acids is 1. The normalized spacial score (nSPS) is 14.4. The molecule has 4 heterocycles. The molecular formula is C18H20N4O2S. The van der Waals surface area contributed by atoms with Gasteiger partial charge in [0, 0.05) is 18.0 Å². The Labute approximate surface area is 149 Å². The maximum Gasteiger partial charge on any atom is 0.266 e. The van der Waals surface area contributed by atoms with Crippen LogP contribution in [-0.2, 0) is 6.54 Å². The van der Waals surface area contributed by atoms with E-state index in [1.807, 2.05) is 30.9 Å². The number of hydrogen-bond acceptors (Lipinski definition) is 6. The van der Waals surface area contributed by atoms with Crippen molar-refractivity contribution in [1.29, 1.82) is 0 Å². The fourth-order valence-corrected chi connectivity index (χ4v) is 4.31. The first kappa shape index (κ1) is 16.1. The van der Waals surface area contributed by atoms with E-state index in [2.05, 4.69) is 15.3 Å². The quantitative estimate of drug-likeness (QED) is 0.771. The summed E-state index contributed by atoms with van der Waals surface area (Å²) in [4.78, 5) is 25.3. The Morgan fingerprint density at radius 2 is 2.08 bits per heavy atom. The zero-order chi connectivity index (χ0) is 17.4. The van der Waals surface area contributed by atoms with Crippen LogP contribution in [0, 0.1) is 13.8 Å². The minimum atomic E-state index is 0.0897. The predicted molar refractivity (Wildman–Crippen MR) is 98.1 cm³/mol. The molecule has 4 rings (SSSR count). The summed E-state index contributed by atoms with van der Waals surface area (Å²) >= 11 is 1.51. The van der Waals surface area contributed by atoms with Crippen LogP contribution >= 0.6 is 11.3 Å². The molecule has 0 bridgehead atoms. The lowest BCUT2D eigenvalue weighted by atomic mass is 10.2. The zero-order valence-electron chi connectivity index (χ0n) is 14.3. The minimum Gasteiger partial charge on any atom is -0.465 e. The van der Waals surface area contributed by atoms with Gasteiger partial charge in [0.05, 0.1) is 17.4 Å². The molecule has 1 N–H and O–H groups in total. The van der Waals surface area contributed by atoms with Crippen molar-refractivity contribution in [3.63, 3.8) is 0 Å². The molecule has 25 heavy (non-hydrogen) atoms. The van der Waals surface area contributed by atoms with Crippen LogP contribution in [0.2, 0.25) is 0 Å². The molecule has 1 aliphatic rings. The molecule has 3 aromatic rings. The van der Waals surface area contributed by atoms with E-state index in [0.29, 0.717) is 11.4 Å². The molecule has 0 spiro atoms. The minimum absolute atomic E-state index is 0.0897. The number of thiophene rings is 1. The summed E-state index contributed by atoms with van der Waals surface area (Å²) in [6.07, 6.45) is 3.68. The summed E-state index contributed by atoms with van der Waals surface area (Å²) in [5, 5.41) is 4.25. The maximum absolute atomic E-state index is 12.8. The van der Waals surface area contributed by atoms with Gasteiger partial charge in [0.25, 0.3) is 5.91 Å². The number of rotatable bonds is 4. The molecule has 0 radical (unpaired) electrons. The average molecular weight is 356 g/mol. The van der Waals surface area contributed by atoms with Crippen molar-refractivity contribution in [2.75, 3.05) is 18.4 Å². The number of aromatic nitrogens is 2. The summed E-state index contributed by atoms with van der Waals surface area (Å²) in [6, 6.07) is 3.89. The van der Waals surface area contributed by atoms with Gasteiger partial charge in [-0.25, -0.2) is 9.97 Å². The lowest BCUT2D eigenvalue weighted by Gasteiger charge is -2.13. The van der Waals surface area contributed by atoms with Crippen LogP contribution in [0.15, 0.2) is 22.9 Å². The van der Waals surface area contributed by atoms with Gasteiger partial charge >= 0.3 is 0 Å². The van der Waals surface area contributed by atoms with Crippen molar-refractivity contribution < 1.29 is 9.21 Å². The fourth-order valence-electron chi connectivity index (χ4n) is 3.24. The van der Waals surface area contributed by atoms with Gasteiger partial charge in [0.1, 0.15) is 28.5 Å². The molecule has 6 nitrogen and oxygen atoms in total. The molecule has 0 aromatic carbocycles. The average Bonchev–Trinajstić information content (AvgIpc) is 3.33. The lowest BCUT2D eigenvalue weighted by molar-refractivity contribution is 0.0799. The molecule has 1 saturated heterocycles. The van der Waals surface area contributed by atoms with E-state index < -0.39 is 0 Å². The SMILES string of the molecule is Cc1ccc(CNc2ncnc3c(C(=O)N4CCCC4)sc(C)c23)o1. The van der Waals surface area contributed by atoms with Gasteiger partial charge in [0.15, 0.2) is 0 Å². The number of carbonyl (C=O) groups is 1. The molecule has 1 fully saturated rings. The van der Waals surface area contributed by atoms with Gasteiger partial charge in [-0.1, -0.05) is 0 Å². The van der Waals surface area contributed by atoms with E-state index in [0.717, 1.165) is 59.0 Å². The van der Waals surface area contributed by atoms with Crippen LogP contribution in [0.1, 0.15) is 38.9 Å². The van der Waals surface area contributed by atoms with E-state index >= 15 is 0 Å². The largest absolute Gasteiger partial charge is 0.465 e. The molecule has 1 aliphatic heterocycles. The van der Waals surface area contributed by atoms with Crippen LogP contribution in [0.4, 0.5) is 5.82 Å². The molecule has 0 saturated carbocycles. The third-order valence-electron chi connectivity index (χ3n) is 4.48. The van der Waals surface area contributed by atoms with E-state index in [1.165, 1.54) is 17.7 Å². The standard InChI is InChI=1S/C18H20N4O2S/c1-11-5-6-13(24-11)9-19-17-14-12(2)25-16(15(14)20-10-21-17)18(23)22-7-3-4-8-22/h5-6,10H,3-4,7-9H2,1-2H3,(H,19,20,21). The number of fused-ring (bicyclic) bond motifs is 1. The Kier molecular flexibility index (Phi) is 4.17. The summed E-state index contributed by atoms with van der Waals surface area (Å²) in [6.45, 7) is 6.16. The first-order valence-electron chi connectivity index (χ1n) is 8.46. The van der Waals surface area contributed by atoms with Gasteiger partial charge in [0.2, 0.25) is 0 Å². The van der Waals surface area contributed by atoms with Crippen molar-refractivity contribution >= 4 is 34.0 Å². The van der Waals surface area contributed by atoms with Crippen LogP contribution in [-0.4, -0.2) is 33.9 Å². The molecule has 130 valence electrons. The summed E-state index contributed by atoms with van der Waals surface area (Å²) < 4.78 is 5.59. The topological polar surface area (TPSA) is 71.3 Å². The number of likely N-dealkylation sites (tertiary alicyclic amines) is 1. The molecular weight excluding hydrogens is 336 g/mol. The third kappa shape index (κ3) is 3.00. The third-order valence-corrected chi connectivity index (χ3v) is 5.57. The first-order valence-corrected chi connectivity index (χ1v) is 9.27. The summed E-state index contributed by atoms with van der Waals surface area (Å²) in [7, 11) is 0. The van der Waals surface area contributed by atoms with Crippen LogP contribution in [0.25, 0.3) is 10.9 Å². The number of nitrogens with one attached hydrogen (secondary N) is 1. The van der Waals surface area contributed by atoms with Gasteiger partial charge in [-0.2, -0.15) is 0 Å². The van der Waals surface area contributed by atoms with E-state index in [9.17, 15) is 4.79 Å². The van der Waals surface area contributed by atoms with E-state index in [4.69, 9.17) is 4.42 Å². The van der Waals surface area contributed by atoms with Crippen molar-refractivity contribution in [2.45, 2.75) is 33.2 Å². The van der Waals surface area contributed by atoms with Crippen LogP contribution < -0.4 is 5.32 Å². The van der Waals surface area contributed by atoms with Crippen LogP contribution in [0.3, 0.4) is 0 Å². The zero-order valence-corrected chi connectivity index (χ0v) is 15.2. The maximum atomic E-state index is 12.8. The molecule has 7 heteroatoms. The van der Waals surface area contributed by atoms with Crippen molar-refractivity contribution in [2.24, 2.45) is 0 Å². The Bertz CT molecular complexity index is 924. The molecule has 1 amide bonds. The highest BCUT2D eigenvalue weighted by atomic mass is 32.1. The highest BCUT2D eigenvalue weighted by Crippen LogP contribution is 2.34. The predicted octanol–water partition coefficient (Wildman–Crippen LogP) is 3.75. The fraction of sp³-hybridized carbons (Fsp3) is 0.389. The van der Waals surface area contributed by atoms with Gasteiger partial charge in [-0.15, -0.1) is 11.3 Å². The van der Waals surface area contributed by atoms with E-state index in [-0.39, 0.29) is 5.91 Å². The first-order chi connectivity index (χ1) is 12.1. The summed E-state index contributed by atoms with van der Waals surface area (Å²) in [5.74, 6) is 2.57. The van der Waals surface area contributed by atoms with Gasteiger partial charge in [-0.3, -0.25) is 4.79 Å². The van der Waals surface area contributed by atoms with Crippen molar-refractivity contribution in [3.05, 3.63) is 39.7 Å². The molecule has 0 unspecified atom stereocenters. The molecule has 0 aliphatic carbocycles. The lowest BCUT2D eigenvalue weighted by Crippen LogP contribution is -2.27. The number of nitrogens with zero attached hydrogens (tertiary/aromatic N) is 3. The number of furan rings is 1. The van der Waals surface area contributed by atoms with Crippen LogP contribution in [0.5, 0.6) is 0 Å². The second kappa shape index (κ2) is 6.48. The highest BCUT2D eigenvalue weighted by molar-refractivity contribution is 7.15. The van der Waals surface area contributed by atoms with Crippen molar-refractivity contribution in [3.8, 4) is 0 Å². The number of aryl methyl sites for hydroxylation is 2. The number of amides is 1. The summed E-state index contributed by atoms with van der Waals surface area (Å²) in [5.41, 5.74) is 0.743. The molecule has 0 atom stereocenters.